The van der Waals surface area contributed by atoms with Gasteiger partial charge in [-0.1, -0.05) is 23.8 Å². The van der Waals surface area contributed by atoms with E-state index < -0.39 is 11.9 Å². The first-order valence-corrected chi connectivity index (χ1v) is 12.1. The third-order valence-corrected chi connectivity index (χ3v) is 7.28. The summed E-state index contributed by atoms with van der Waals surface area (Å²) in [6.45, 7) is 3.96. The van der Waals surface area contributed by atoms with Crippen LogP contribution in [0.2, 0.25) is 0 Å². The number of para-hydroxylation sites is 2. The van der Waals surface area contributed by atoms with Gasteiger partial charge in [0.1, 0.15) is 11.5 Å². The molecule has 3 amide bonds. The number of anilines is 2. The summed E-state index contributed by atoms with van der Waals surface area (Å²) in [5.74, 6) is -1.42. The molecule has 1 aliphatic carbocycles. The molecule has 36 heavy (non-hydrogen) atoms. The highest BCUT2D eigenvalue weighted by Gasteiger charge is 2.49. The maximum Gasteiger partial charge on any atom is 0.316 e. The predicted octanol–water partition coefficient (Wildman–Crippen LogP) is 3.81. The number of benzene rings is 2. The van der Waals surface area contributed by atoms with E-state index in [1.54, 1.807) is 42.2 Å². The number of imide groups is 1. The Labute approximate surface area is 209 Å². The molecule has 8 nitrogen and oxygen atoms in total. The number of ether oxygens (including phenoxy) is 2. The zero-order valence-corrected chi connectivity index (χ0v) is 20.5. The van der Waals surface area contributed by atoms with Crippen LogP contribution in [-0.4, -0.2) is 37.3 Å². The molecule has 186 valence electrons. The normalized spacial score (nSPS) is 23.6. The Morgan fingerprint density at radius 1 is 0.944 bits per heavy atom. The van der Waals surface area contributed by atoms with Crippen LogP contribution in [0.5, 0.6) is 11.5 Å². The van der Waals surface area contributed by atoms with Crippen LogP contribution in [0.1, 0.15) is 31.7 Å². The van der Waals surface area contributed by atoms with Crippen molar-refractivity contribution in [1.82, 2.24) is 0 Å². The van der Waals surface area contributed by atoms with Gasteiger partial charge in [0.05, 0.1) is 36.2 Å². The molecular weight excluding hydrogens is 460 g/mol. The Kier molecular flexibility index (Phi) is 6.12. The van der Waals surface area contributed by atoms with E-state index in [1.807, 2.05) is 25.1 Å². The zero-order valence-electron chi connectivity index (χ0n) is 20.5. The van der Waals surface area contributed by atoms with E-state index in [4.69, 9.17) is 9.47 Å². The van der Waals surface area contributed by atoms with Gasteiger partial charge in [0.15, 0.2) is 0 Å². The lowest BCUT2D eigenvalue weighted by Crippen LogP contribution is -2.31. The average Bonchev–Trinajstić information content (AvgIpc) is 3.36. The number of nitrogens with zero attached hydrogens (tertiary/aromatic N) is 2. The Morgan fingerprint density at radius 2 is 1.69 bits per heavy atom. The number of aryl methyl sites for hydroxylation is 1. The van der Waals surface area contributed by atoms with E-state index in [1.165, 1.54) is 12.0 Å². The second-order valence-electron chi connectivity index (χ2n) is 9.66. The van der Waals surface area contributed by atoms with Crippen molar-refractivity contribution in [2.24, 2.45) is 17.8 Å². The molecule has 2 aromatic carbocycles. The van der Waals surface area contributed by atoms with Crippen LogP contribution in [0.15, 0.2) is 54.1 Å². The molecule has 2 aliphatic heterocycles. The smallest absolute Gasteiger partial charge is 0.316 e. The minimum Gasteiger partial charge on any atom is -0.495 e. The highest BCUT2D eigenvalue weighted by atomic mass is 16.5. The Balaban J connectivity index is 1.29. The van der Waals surface area contributed by atoms with Crippen LogP contribution in [0.4, 0.5) is 11.4 Å². The van der Waals surface area contributed by atoms with E-state index in [0.29, 0.717) is 41.3 Å². The van der Waals surface area contributed by atoms with Crippen molar-refractivity contribution in [3.8, 4) is 11.5 Å². The summed E-state index contributed by atoms with van der Waals surface area (Å²) >= 11 is 0. The number of hydrogen-bond donors (Lipinski definition) is 0. The largest absolute Gasteiger partial charge is 0.495 e. The highest BCUT2D eigenvalue weighted by molar-refractivity contribution is 6.22. The van der Waals surface area contributed by atoms with Gasteiger partial charge in [0.25, 0.3) is 0 Å². The number of carbonyl (C=O) groups excluding carboxylic acids is 4. The van der Waals surface area contributed by atoms with Gasteiger partial charge in [-0.05, 0) is 62.6 Å². The first-order valence-electron chi connectivity index (χ1n) is 12.1. The van der Waals surface area contributed by atoms with Gasteiger partial charge in [-0.25, -0.2) is 4.90 Å². The lowest BCUT2D eigenvalue weighted by atomic mass is 9.82. The molecule has 0 bridgehead atoms. The molecule has 3 atom stereocenters. The molecule has 0 unspecified atom stereocenters. The summed E-state index contributed by atoms with van der Waals surface area (Å²) in [5, 5.41) is 0. The van der Waals surface area contributed by atoms with Gasteiger partial charge < -0.3 is 14.4 Å². The fourth-order valence-electron chi connectivity index (χ4n) is 5.37. The van der Waals surface area contributed by atoms with E-state index in [9.17, 15) is 19.2 Å². The minimum atomic E-state index is -0.622. The molecule has 0 spiro atoms. The number of allylic oxidation sites excluding steroid dienone is 2. The quantitative estimate of drug-likeness (QED) is 0.275. The molecule has 5 rings (SSSR count). The number of fused-ring (bicyclic) bond motifs is 1. The van der Waals surface area contributed by atoms with Crippen LogP contribution < -0.4 is 19.3 Å². The van der Waals surface area contributed by atoms with Crippen molar-refractivity contribution in [3.63, 3.8) is 0 Å². The molecule has 8 heteroatoms. The van der Waals surface area contributed by atoms with Crippen LogP contribution in [-0.2, 0) is 19.2 Å². The molecular formula is C28H28N2O6. The lowest BCUT2D eigenvalue weighted by molar-refractivity contribution is -0.139. The first-order chi connectivity index (χ1) is 17.3. The van der Waals surface area contributed by atoms with Gasteiger partial charge in [-0.15, -0.1) is 0 Å². The van der Waals surface area contributed by atoms with Gasteiger partial charge in [-0.3, -0.25) is 19.2 Å². The van der Waals surface area contributed by atoms with Gasteiger partial charge in [-0.2, -0.15) is 0 Å². The van der Waals surface area contributed by atoms with Crippen molar-refractivity contribution in [2.75, 3.05) is 23.5 Å². The van der Waals surface area contributed by atoms with E-state index in [-0.39, 0.29) is 42.5 Å². The molecule has 3 aliphatic rings. The van der Waals surface area contributed by atoms with Crippen LogP contribution >= 0.6 is 0 Å². The van der Waals surface area contributed by atoms with E-state index in [2.05, 4.69) is 0 Å². The number of hydrogen-bond acceptors (Lipinski definition) is 6. The zero-order chi connectivity index (χ0) is 25.6. The van der Waals surface area contributed by atoms with Gasteiger partial charge in [0.2, 0.25) is 17.7 Å². The van der Waals surface area contributed by atoms with Gasteiger partial charge in [0, 0.05) is 13.0 Å². The van der Waals surface area contributed by atoms with Crippen LogP contribution in [0.25, 0.3) is 0 Å². The Morgan fingerprint density at radius 3 is 2.44 bits per heavy atom. The lowest BCUT2D eigenvalue weighted by Gasteiger charge is -2.19. The highest BCUT2D eigenvalue weighted by Crippen LogP contribution is 2.41. The van der Waals surface area contributed by atoms with E-state index >= 15 is 0 Å². The van der Waals surface area contributed by atoms with Crippen LogP contribution in [0, 0.1) is 24.7 Å². The number of methoxy groups -OCH3 is 1. The summed E-state index contributed by atoms with van der Waals surface area (Å²) in [6, 6.07) is 12.0. The van der Waals surface area contributed by atoms with Crippen molar-refractivity contribution in [1.29, 1.82) is 0 Å². The van der Waals surface area contributed by atoms with Crippen molar-refractivity contribution in [2.45, 2.75) is 33.1 Å². The minimum absolute atomic E-state index is 0.0426. The van der Waals surface area contributed by atoms with E-state index in [0.717, 1.165) is 5.57 Å². The number of esters is 1. The van der Waals surface area contributed by atoms with Gasteiger partial charge >= 0.3 is 5.97 Å². The van der Waals surface area contributed by atoms with Crippen LogP contribution in [0.3, 0.4) is 0 Å². The maximum absolute atomic E-state index is 13.1. The molecule has 0 radical (unpaired) electrons. The SMILES string of the molecule is COc1ccccc1N1C[C@H](C(=O)Oc2ccc(N3C(=O)[C@@H]4CC=C(C)C[C@H]4C3=O)c(C)c2)CC1=O. The monoisotopic (exact) mass is 488 g/mol. The second kappa shape index (κ2) is 9.26. The fourth-order valence-corrected chi connectivity index (χ4v) is 5.37. The second-order valence-corrected chi connectivity index (χ2v) is 9.66. The van der Waals surface area contributed by atoms with Crippen molar-refractivity contribution < 1.29 is 28.7 Å². The molecule has 2 saturated heterocycles. The predicted molar refractivity (Wildman–Crippen MR) is 133 cm³/mol. The molecule has 2 fully saturated rings. The number of carbonyl (C=O) groups is 4. The third-order valence-electron chi connectivity index (χ3n) is 7.28. The summed E-state index contributed by atoms with van der Waals surface area (Å²) in [4.78, 5) is 54.4. The average molecular weight is 489 g/mol. The topological polar surface area (TPSA) is 93.2 Å². The Bertz CT molecular complexity index is 1300. The molecule has 2 aromatic rings. The molecule has 2 heterocycles. The molecule has 0 N–H and O–H groups in total. The summed E-state index contributed by atoms with van der Waals surface area (Å²) in [7, 11) is 1.53. The van der Waals surface area contributed by atoms with Crippen molar-refractivity contribution >= 4 is 35.1 Å². The maximum atomic E-state index is 13.1. The number of rotatable bonds is 5. The summed E-state index contributed by atoms with van der Waals surface area (Å²) < 4.78 is 11.0. The number of amides is 3. The molecule has 0 saturated carbocycles. The molecule has 0 aromatic heterocycles. The van der Waals surface area contributed by atoms with Crippen molar-refractivity contribution in [3.05, 3.63) is 59.7 Å². The first kappa shape index (κ1) is 23.8. The third kappa shape index (κ3) is 4.06. The summed E-state index contributed by atoms with van der Waals surface area (Å²) in [6.07, 6.45) is 3.26. The fraction of sp³-hybridized carbons (Fsp3) is 0.357. The Hall–Kier alpha value is -3.94. The summed E-state index contributed by atoms with van der Waals surface area (Å²) in [5.41, 5.74) is 2.91. The standard InChI is InChI=1S/C28H28N2O6/c1-16-8-10-20-21(12-16)27(33)30(26(20)32)22-11-9-19(13-17(22)2)36-28(34)18-14-25(31)29(15-18)23-6-4-5-7-24(23)35-3/h4-9,11,13,18,20-21H,10,12,14-15H2,1-3H3/t18-,20-,21-/m1/s1.